The number of aromatic nitrogens is 1. The van der Waals surface area contributed by atoms with Crippen molar-refractivity contribution < 1.29 is 14.6 Å². The zero-order valence-corrected chi connectivity index (χ0v) is 9.94. The summed E-state index contributed by atoms with van der Waals surface area (Å²) >= 11 is 0. The average Bonchev–Trinajstić information content (AvgIpc) is 2.40. The third-order valence-corrected chi connectivity index (χ3v) is 3.14. The van der Waals surface area contributed by atoms with Crippen LogP contribution >= 0.6 is 0 Å². The maximum Gasteiger partial charge on any atom is 0.268 e. The summed E-state index contributed by atoms with van der Waals surface area (Å²) in [5.74, 6) is -0.386. The van der Waals surface area contributed by atoms with Gasteiger partial charge in [0.25, 0.3) is 5.91 Å². The lowest BCUT2D eigenvalue weighted by molar-refractivity contribution is 0.0124. The first-order valence-electron chi connectivity index (χ1n) is 5.86. The number of amides is 1. The van der Waals surface area contributed by atoms with E-state index in [0.717, 1.165) is 0 Å². The van der Waals surface area contributed by atoms with Crippen LogP contribution in [0.1, 0.15) is 23.3 Å². The first kappa shape index (κ1) is 12.8. The molecule has 98 valence electrons. The number of nitrogens with one attached hydrogen (secondary N) is 2. The summed E-state index contributed by atoms with van der Waals surface area (Å²) in [4.78, 5) is 25.6. The van der Waals surface area contributed by atoms with Crippen LogP contribution in [0.3, 0.4) is 0 Å². The van der Waals surface area contributed by atoms with E-state index in [2.05, 4.69) is 10.3 Å². The Morgan fingerprint density at radius 1 is 1.44 bits per heavy atom. The monoisotopic (exact) mass is 252 g/mol. The van der Waals surface area contributed by atoms with Crippen LogP contribution in [0.2, 0.25) is 0 Å². The quantitative estimate of drug-likeness (QED) is 0.685. The molecule has 1 saturated heterocycles. The number of carbonyl (C=O) groups excluding carboxylic acids is 1. The van der Waals surface area contributed by atoms with Gasteiger partial charge < -0.3 is 20.1 Å². The molecule has 18 heavy (non-hydrogen) atoms. The van der Waals surface area contributed by atoms with E-state index in [1.54, 1.807) is 0 Å². The van der Waals surface area contributed by atoms with Crippen molar-refractivity contribution in [1.29, 1.82) is 0 Å². The molecule has 2 rings (SSSR count). The third-order valence-electron chi connectivity index (χ3n) is 3.14. The minimum atomic E-state index is -0.651. The molecule has 1 aromatic heterocycles. The van der Waals surface area contributed by atoms with Gasteiger partial charge in [-0.1, -0.05) is 6.07 Å². The number of pyridine rings is 1. The summed E-state index contributed by atoms with van der Waals surface area (Å²) in [6.45, 7) is 0.872. The Balaban J connectivity index is 2.12. The maximum atomic E-state index is 12.0. The third kappa shape index (κ3) is 2.77. The Morgan fingerprint density at radius 3 is 2.78 bits per heavy atom. The van der Waals surface area contributed by atoms with E-state index in [-0.39, 0.29) is 23.8 Å². The molecule has 1 fully saturated rings. The first-order valence-corrected chi connectivity index (χ1v) is 5.86. The van der Waals surface area contributed by atoms with Crippen LogP contribution in [0, 0.1) is 0 Å². The molecule has 0 bridgehead atoms. The number of rotatable bonds is 3. The topological polar surface area (TPSA) is 91.4 Å². The predicted octanol–water partition coefficient (Wildman–Crippen LogP) is -0.354. The van der Waals surface area contributed by atoms with Gasteiger partial charge in [-0.05, 0) is 18.9 Å². The number of aliphatic hydroxyl groups excluding tert-OH is 1. The summed E-state index contributed by atoms with van der Waals surface area (Å²) in [5, 5.41) is 12.2. The molecule has 0 unspecified atom stereocenters. The summed E-state index contributed by atoms with van der Waals surface area (Å²) in [7, 11) is 0. The van der Waals surface area contributed by atoms with Crippen LogP contribution in [0.15, 0.2) is 23.0 Å². The Labute approximate surface area is 104 Å². The average molecular weight is 252 g/mol. The normalized spacial score (nSPS) is 18.3. The minimum Gasteiger partial charge on any atom is -0.394 e. The molecule has 6 nitrogen and oxygen atoms in total. The molecule has 1 aliphatic rings. The van der Waals surface area contributed by atoms with E-state index >= 15 is 0 Å². The van der Waals surface area contributed by atoms with E-state index in [1.165, 1.54) is 18.2 Å². The van der Waals surface area contributed by atoms with Gasteiger partial charge >= 0.3 is 0 Å². The maximum absolute atomic E-state index is 12.0. The molecular weight excluding hydrogens is 236 g/mol. The van der Waals surface area contributed by atoms with Crippen molar-refractivity contribution in [3.63, 3.8) is 0 Å². The second-order valence-electron chi connectivity index (χ2n) is 4.43. The molecule has 1 aromatic rings. The van der Waals surface area contributed by atoms with Gasteiger partial charge in [0.05, 0.1) is 12.1 Å². The summed E-state index contributed by atoms with van der Waals surface area (Å²) < 4.78 is 5.21. The Kier molecular flexibility index (Phi) is 3.78. The van der Waals surface area contributed by atoms with Crippen molar-refractivity contribution in [1.82, 2.24) is 10.3 Å². The van der Waals surface area contributed by atoms with Crippen LogP contribution in [-0.2, 0) is 4.74 Å². The fourth-order valence-electron chi connectivity index (χ4n) is 1.97. The molecule has 0 atom stereocenters. The molecule has 0 spiro atoms. The molecule has 0 saturated carbocycles. The molecule has 6 heteroatoms. The second-order valence-corrected chi connectivity index (χ2v) is 4.43. The molecular formula is C12H16N2O4. The van der Waals surface area contributed by atoms with Gasteiger partial charge in [0, 0.05) is 19.3 Å². The fraction of sp³-hybridized carbons (Fsp3) is 0.500. The molecule has 1 aliphatic heterocycles. The van der Waals surface area contributed by atoms with Crippen molar-refractivity contribution in [2.45, 2.75) is 18.4 Å². The Bertz CT molecular complexity index is 477. The van der Waals surface area contributed by atoms with E-state index in [9.17, 15) is 14.7 Å². The molecule has 0 aliphatic carbocycles. The smallest absolute Gasteiger partial charge is 0.268 e. The number of aliphatic hydroxyl groups is 1. The number of aromatic amines is 1. The number of H-pyrrole nitrogens is 1. The van der Waals surface area contributed by atoms with Crippen LogP contribution in [0.4, 0.5) is 0 Å². The molecule has 2 heterocycles. The fourth-order valence-corrected chi connectivity index (χ4v) is 1.97. The highest BCUT2D eigenvalue weighted by Gasteiger charge is 2.33. The van der Waals surface area contributed by atoms with Crippen LogP contribution < -0.4 is 10.9 Å². The van der Waals surface area contributed by atoms with Gasteiger partial charge in [-0.3, -0.25) is 9.59 Å². The first-order chi connectivity index (χ1) is 8.65. The lowest BCUT2D eigenvalue weighted by Gasteiger charge is -2.36. The second kappa shape index (κ2) is 5.32. The van der Waals surface area contributed by atoms with Gasteiger partial charge in [-0.2, -0.15) is 0 Å². The highest BCUT2D eigenvalue weighted by Crippen LogP contribution is 2.20. The van der Waals surface area contributed by atoms with Crippen molar-refractivity contribution in [3.05, 3.63) is 34.2 Å². The van der Waals surface area contributed by atoms with Crippen molar-refractivity contribution in [2.24, 2.45) is 0 Å². The van der Waals surface area contributed by atoms with E-state index in [4.69, 9.17) is 4.74 Å². The highest BCUT2D eigenvalue weighted by molar-refractivity contribution is 5.92. The lowest BCUT2D eigenvalue weighted by Crippen LogP contribution is -2.54. The van der Waals surface area contributed by atoms with Crippen molar-refractivity contribution >= 4 is 5.91 Å². The highest BCUT2D eigenvalue weighted by atomic mass is 16.5. The van der Waals surface area contributed by atoms with E-state index in [1.807, 2.05) is 0 Å². The van der Waals surface area contributed by atoms with Gasteiger partial charge in [0.1, 0.15) is 5.69 Å². The zero-order chi connectivity index (χ0) is 13.0. The SMILES string of the molecule is O=C(NC1(CO)CCOCC1)c1cccc(=O)[nH]1. The predicted molar refractivity (Wildman–Crippen MR) is 64.4 cm³/mol. The van der Waals surface area contributed by atoms with Crippen LogP contribution in [0.5, 0.6) is 0 Å². The standard InChI is InChI=1S/C12H16N2O4/c15-8-12(4-6-18-7-5-12)14-11(17)9-2-1-3-10(16)13-9/h1-3,15H,4-8H2,(H,13,16)(H,14,17). The molecule has 0 radical (unpaired) electrons. The number of carbonyl (C=O) groups is 1. The van der Waals surface area contributed by atoms with Crippen LogP contribution in [0.25, 0.3) is 0 Å². The molecule has 1 amide bonds. The van der Waals surface area contributed by atoms with Crippen molar-refractivity contribution in [2.75, 3.05) is 19.8 Å². The van der Waals surface area contributed by atoms with E-state index < -0.39 is 5.54 Å². The number of hydrogen-bond donors (Lipinski definition) is 3. The summed E-state index contributed by atoms with van der Waals surface area (Å²) in [6.07, 6.45) is 1.12. The van der Waals surface area contributed by atoms with Gasteiger partial charge in [-0.15, -0.1) is 0 Å². The van der Waals surface area contributed by atoms with Crippen LogP contribution in [-0.4, -0.2) is 41.4 Å². The van der Waals surface area contributed by atoms with Gasteiger partial charge in [0.2, 0.25) is 5.56 Å². The number of hydrogen-bond acceptors (Lipinski definition) is 4. The molecule has 0 aromatic carbocycles. The van der Waals surface area contributed by atoms with Gasteiger partial charge in [0.15, 0.2) is 0 Å². The van der Waals surface area contributed by atoms with Gasteiger partial charge in [-0.25, -0.2) is 0 Å². The summed E-state index contributed by atoms with van der Waals surface area (Å²) in [6, 6.07) is 4.39. The Hall–Kier alpha value is -1.66. The minimum absolute atomic E-state index is 0.140. The largest absolute Gasteiger partial charge is 0.394 e. The molecule has 3 N–H and O–H groups in total. The Morgan fingerprint density at radius 2 is 2.17 bits per heavy atom. The van der Waals surface area contributed by atoms with Crippen molar-refractivity contribution in [3.8, 4) is 0 Å². The van der Waals surface area contributed by atoms with E-state index in [0.29, 0.717) is 26.1 Å². The zero-order valence-electron chi connectivity index (χ0n) is 9.94. The summed E-state index contributed by atoms with van der Waals surface area (Å²) in [5.41, 5.74) is -0.781. The lowest BCUT2D eigenvalue weighted by atomic mass is 9.91. The number of ether oxygens (including phenoxy) is 1.